The van der Waals surface area contributed by atoms with Crippen LogP contribution in [0.15, 0.2) is 35.9 Å². The lowest BCUT2D eigenvalue weighted by Gasteiger charge is -2.35. The van der Waals surface area contributed by atoms with Gasteiger partial charge < -0.3 is 4.74 Å². The molecular formula is C12H9F5O. The molecule has 1 aliphatic rings. The van der Waals surface area contributed by atoms with Gasteiger partial charge in [0.15, 0.2) is 0 Å². The number of aryl methyl sites for hydroxylation is 1. The van der Waals surface area contributed by atoms with Crippen LogP contribution in [0.2, 0.25) is 0 Å². The quantitative estimate of drug-likeness (QED) is 0.750. The Morgan fingerprint density at radius 3 is 2.06 bits per heavy atom. The molecule has 1 aromatic rings. The number of allylic oxidation sites excluding steroid dienone is 2. The van der Waals surface area contributed by atoms with Crippen molar-refractivity contribution < 1.29 is 26.7 Å². The van der Waals surface area contributed by atoms with Gasteiger partial charge in [-0.3, -0.25) is 0 Å². The van der Waals surface area contributed by atoms with Crippen LogP contribution < -0.4 is 0 Å². The van der Waals surface area contributed by atoms with E-state index in [2.05, 4.69) is 4.74 Å². The highest BCUT2D eigenvalue weighted by atomic mass is 19.3. The first kappa shape index (κ1) is 12.9. The van der Waals surface area contributed by atoms with Crippen LogP contribution in [0.4, 0.5) is 22.0 Å². The van der Waals surface area contributed by atoms with Crippen molar-refractivity contribution in [2.75, 3.05) is 0 Å². The van der Waals surface area contributed by atoms with E-state index in [0.29, 0.717) is 5.56 Å². The van der Waals surface area contributed by atoms with Crippen molar-refractivity contribution in [1.82, 2.24) is 0 Å². The van der Waals surface area contributed by atoms with Crippen molar-refractivity contribution in [3.05, 3.63) is 47.0 Å². The van der Waals surface area contributed by atoms with Gasteiger partial charge in [-0.1, -0.05) is 29.8 Å². The number of hydrogen-bond donors (Lipinski definition) is 0. The van der Waals surface area contributed by atoms with E-state index in [0.717, 1.165) is 5.56 Å². The van der Waals surface area contributed by atoms with Gasteiger partial charge in [-0.25, -0.2) is 4.39 Å². The van der Waals surface area contributed by atoms with Crippen molar-refractivity contribution >= 4 is 0 Å². The Balaban J connectivity index is 2.08. The lowest BCUT2D eigenvalue weighted by Crippen LogP contribution is -2.53. The molecule has 0 spiro atoms. The average Bonchev–Trinajstić information content (AvgIpc) is 2.31. The summed E-state index contributed by atoms with van der Waals surface area (Å²) in [5.41, 5.74) is 1.44. The molecule has 2 rings (SSSR count). The minimum atomic E-state index is -4.75. The molecule has 0 heterocycles. The molecule has 0 amide bonds. The molecule has 0 atom stereocenters. The van der Waals surface area contributed by atoms with E-state index in [-0.39, 0.29) is 6.61 Å². The van der Waals surface area contributed by atoms with Gasteiger partial charge in [0.05, 0.1) is 0 Å². The van der Waals surface area contributed by atoms with Crippen molar-refractivity contribution in [3.63, 3.8) is 0 Å². The number of ether oxygens (including phenoxy) is 1. The van der Waals surface area contributed by atoms with Crippen molar-refractivity contribution in [2.45, 2.75) is 25.4 Å². The monoisotopic (exact) mass is 264 g/mol. The summed E-state index contributed by atoms with van der Waals surface area (Å²) < 4.78 is 67.8. The van der Waals surface area contributed by atoms with E-state index in [1.54, 1.807) is 24.3 Å². The first-order valence-electron chi connectivity index (χ1n) is 5.11. The summed E-state index contributed by atoms with van der Waals surface area (Å²) in [5.74, 6) is -13.1. The van der Waals surface area contributed by atoms with Gasteiger partial charge in [-0.05, 0) is 12.5 Å². The molecule has 0 saturated heterocycles. The standard InChI is InChI=1S/C12H9F5O/c1-7-2-4-8(5-3-7)6-18-10-9(13)11(14,15)12(10,16)17/h2-5H,6H2,1H3. The van der Waals surface area contributed by atoms with E-state index in [9.17, 15) is 22.0 Å². The highest BCUT2D eigenvalue weighted by Crippen LogP contribution is 2.56. The molecule has 18 heavy (non-hydrogen) atoms. The van der Waals surface area contributed by atoms with Crippen LogP contribution in [0, 0.1) is 6.92 Å². The van der Waals surface area contributed by atoms with E-state index in [1.165, 1.54) is 0 Å². The number of rotatable bonds is 3. The minimum Gasteiger partial charge on any atom is -0.484 e. The van der Waals surface area contributed by atoms with Crippen LogP contribution in [0.5, 0.6) is 0 Å². The maximum atomic E-state index is 12.8. The second-order valence-electron chi connectivity index (χ2n) is 4.07. The first-order valence-corrected chi connectivity index (χ1v) is 5.11. The number of hydrogen-bond acceptors (Lipinski definition) is 1. The maximum absolute atomic E-state index is 12.8. The van der Waals surface area contributed by atoms with Gasteiger partial charge in [0.1, 0.15) is 6.61 Å². The van der Waals surface area contributed by atoms with Crippen LogP contribution in [0.1, 0.15) is 11.1 Å². The molecule has 1 aliphatic carbocycles. The Labute approximate surface area is 99.9 Å². The lowest BCUT2D eigenvalue weighted by atomic mass is 9.96. The summed E-state index contributed by atoms with van der Waals surface area (Å²) in [4.78, 5) is 0. The Morgan fingerprint density at radius 2 is 1.56 bits per heavy atom. The van der Waals surface area contributed by atoms with Crippen LogP contribution >= 0.6 is 0 Å². The summed E-state index contributed by atoms with van der Waals surface area (Å²) in [7, 11) is 0. The van der Waals surface area contributed by atoms with Crippen LogP contribution in [-0.4, -0.2) is 11.8 Å². The van der Waals surface area contributed by atoms with E-state index >= 15 is 0 Å². The summed E-state index contributed by atoms with van der Waals surface area (Å²) in [6, 6.07) is 6.58. The fourth-order valence-electron chi connectivity index (χ4n) is 1.49. The van der Waals surface area contributed by atoms with Crippen LogP contribution in [0.25, 0.3) is 0 Å². The fraction of sp³-hybridized carbons (Fsp3) is 0.333. The largest absolute Gasteiger partial charge is 0.484 e. The summed E-state index contributed by atoms with van der Waals surface area (Å²) in [6.07, 6.45) is 0. The molecule has 0 aromatic heterocycles. The Kier molecular flexibility index (Phi) is 2.83. The SMILES string of the molecule is Cc1ccc(COC2=C(F)C(F)(F)C2(F)F)cc1. The second-order valence-corrected chi connectivity index (χ2v) is 4.07. The highest BCUT2D eigenvalue weighted by Gasteiger charge is 2.74. The molecule has 0 unspecified atom stereocenters. The summed E-state index contributed by atoms with van der Waals surface area (Å²) in [5, 5.41) is 0. The maximum Gasteiger partial charge on any atom is 0.375 e. The van der Waals surface area contributed by atoms with Gasteiger partial charge in [0.25, 0.3) is 0 Å². The molecule has 0 saturated carbocycles. The third kappa shape index (κ3) is 1.76. The molecule has 0 bridgehead atoms. The average molecular weight is 264 g/mol. The predicted octanol–water partition coefficient (Wildman–Crippen LogP) is 3.98. The Hall–Kier alpha value is -1.59. The van der Waals surface area contributed by atoms with Gasteiger partial charge in [-0.2, -0.15) is 17.6 Å². The topological polar surface area (TPSA) is 9.23 Å². The normalized spacial score (nSPS) is 20.6. The Bertz CT molecular complexity index is 490. The molecule has 98 valence electrons. The first-order chi connectivity index (χ1) is 8.26. The van der Waals surface area contributed by atoms with Gasteiger partial charge in [-0.15, -0.1) is 0 Å². The summed E-state index contributed by atoms with van der Waals surface area (Å²) >= 11 is 0. The molecule has 0 radical (unpaired) electrons. The molecule has 1 nitrogen and oxygen atoms in total. The van der Waals surface area contributed by atoms with Gasteiger partial charge >= 0.3 is 11.8 Å². The van der Waals surface area contributed by atoms with E-state index < -0.39 is 23.4 Å². The molecule has 0 aliphatic heterocycles. The minimum absolute atomic E-state index is 0.380. The van der Waals surface area contributed by atoms with E-state index in [1.807, 2.05) is 6.92 Å². The van der Waals surface area contributed by atoms with Crippen LogP contribution in [0.3, 0.4) is 0 Å². The zero-order valence-electron chi connectivity index (χ0n) is 9.31. The zero-order valence-corrected chi connectivity index (χ0v) is 9.31. The second kappa shape index (κ2) is 3.96. The molecule has 0 N–H and O–H groups in total. The highest BCUT2D eigenvalue weighted by molar-refractivity contribution is 5.35. The van der Waals surface area contributed by atoms with Crippen molar-refractivity contribution in [3.8, 4) is 0 Å². The van der Waals surface area contributed by atoms with Crippen molar-refractivity contribution in [1.29, 1.82) is 0 Å². The lowest BCUT2D eigenvalue weighted by molar-refractivity contribution is -0.233. The third-order valence-electron chi connectivity index (χ3n) is 2.66. The number of halogens is 5. The molecule has 6 heteroatoms. The molecule has 0 fully saturated rings. The van der Waals surface area contributed by atoms with Gasteiger partial charge in [0.2, 0.25) is 11.6 Å². The van der Waals surface area contributed by atoms with Crippen LogP contribution in [-0.2, 0) is 11.3 Å². The number of alkyl halides is 4. The molecular weight excluding hydrogens is 255 g/mol. The Morgan fingerprint density at radius 1 is 1.00 bits per heavy atom. The van der Waals surface area contributed by atoms with E-state index in [4.69, 9.17) is 0 Å². The predicted molar refractivity (Wildman–Crippen MR) is 54.0 cm³/mol. The summed E-state index contributed by atoms with van der Waals surface area (Å²) in [6.45, 7) is 1.45. The van der Waals surface area contributed by atoms with Gasteiger partial charge in [0, 0.05) is 0 Å². The number of benzene rings is 1. The fourth-order valence-corrected chi connectivity index (χ4v) is 1.49. The smallest absolute Gasteiger partial charge is 0.375 e. The third-order valence-corrected chi connectivity index (χ3v) is 2.66. The molecule has 1 aromatic carbocycles. The zero-order chi connectivity index (χ0) is 13.6. The van der Waals surface area contributed by atoms with Crippen molar-refractivity contribution in [2.24, 2.45) is 0 Å².